The summed E-state index contributed by atoms with van der Waals surface area (Å²) < 4.78 is 1.87. The zero-order valence-electron chi connectivity index (χ0n) is 12.6. The van der Waals surface area contributed by atoms with E-state index >= 15 is 0 Å². The Balaban J connectivity index is 1.94. The van der Waals surface area contributed by atoms with E-state index in [1.807, 2.05) is 35.9 Å². The Morgan fingerprint density at radius 1 is 1.36 bits per heavy atom. The fourth-order valence-electron chi connectivity index (χ4n) is 2.21. The number of aliphatic hydroxyl groups is 1. The van der Waals surface area contributed by atoms with Crippen molar-refractivity contribution in [2.45, 2.75) is 19.4 Å². The van der Waals surface area contributed by atoms with Crippen LogP contribution in [0.2, 0.25) is 5.02 Å². The summed E-state index contributed by atoms with van der Waals surface area (Å²) in [4.78, 5) is 18.1. The van der Waals surface area contributed by atoms with Gasteiger partial charge in [0.2, 0.25) is 5.91 Å². The van der Waals surface area contributed by atoms with Crippen LogP contribution in [0, 0.1) is 0 Å². The van der Waals surface area contributed by atoms with Gasteiger partial charge in [0, 0.05) is 31.2 Å². The lowest BCUT2D eigenvalue weighted by Gasteiger charge is -2.22. The van der Waals surface area contributed by atoms with Gasteiger partial charge in [-0.1, -0.05) is 23.7 Å². The zero-order valence-corrected chi connectivity index (χ0v) is 13.3. The largest absolute Gasteiger partial charge is 0.395 e. The number of hydrogen-bond acceptors (Lipinski definition) is 3. The van der Waals surface area contributed by atoms with Gasteiger partial charge in [0.25, 0.3) is 0 Å². The lowest BCUT2D eigenvalue weighted by molar-refractivity contribution is -0.132. The Morgan fingerprint density at radius 2 is 2.09 bits per heavy atom. The van der Waals surface area contributed by atoms with Gasteiger partial charge in [0.05, 0.1) is 25.2 Å². The minimum absolute atomic E-state index is 0.0187. The summed E-state index contributed by atoms with van der Waals surface area (Å²) in [6.07, 6.45) is 4.49. The SMILES string of the molecule is Cn1cncc1CN(CCO)C(=O)CCc1ccc(Cl)cc1. The van der Waals surface area contributed by atoms with Crippen LogP contribution < -0.4 is 0 Å². The molecule has 5 nitrogen and oxygen atoms in total. The second-order valence-corrected chi connectivity index (χ2v) is 5.60. The number of nitrogens with zero attached hydrogens (tertiary/aromatic N) is 3. The van der Waals surface area contributed by atoms with E-state index in [9.17, 15) is 4.79 Å². The number of rotatable bonds is 7. The van der Waals surface area contributed by atoms with Crippen molar-refractivity contribution in [3.05, 3.63) is 53.1 Å². The molecule has 118 valence electrons. The molecule has 1 aromatic heterocycles. The number of amides is 1. The van der Waals surface area contributed by atoms with Gasteiger partial charge in [-0.3, -0.25) is 4.79 Å². The molecule has 0 spiro atoms. The third-order valence-electron chi connectivity index (χ3n) is 3.53. The van der Waals surface area contributed by atoms with E-state index in [4.69, 9.17) is 16.7 Å². The lowest BCUT2D eigenvalue weighted by Crippen LogP contribution is -2.33. The number of aryl methyl sites for hydroxylation is 2. The molecule has 1 aromatic carbocycles. The molecule has 0 fully saturated rings. The minimum atomic E-state index is -0.0511. The summed E-state index contributed by atoms with van der Waals surface area (Å²) in [7, 11) is 1.89. The Morgan fingerprint density at radius 3 is 2.68 bits per heavy atom. The Labute approximate surface area is 135 Å². The molecule has 2 rings (SSSR count). The molecular formula is C16H20ClN3O2. The van der Waals surface area contributed by atoms with Crippen LogP contribution in [0.5, 0.6) is 0 Å². The number of aliphatic hydroxyl groups excluding tert-OH is 1. The average molecular weight is 322 g/mol. The summed E-state index contributed by atoms with van der Waals surface area (Å²) in [6.45, 7) is 0.728. The van der Waals surface area contributed by atoms with Crippen molar-refractivity contribution < 1.29 is 9.90 Å². The number of hydrogen-bond donors (Lipinski definition) is 1. The van der Waals surface area contributed by atoms with Crippen LogP contribution in [-0.2, 0) is 24.8 Å². The van der Waals surface area contributed by atoms with Crippen molar-refractivity contribution in [3.63, 3.8) is 0 Å². The molecule has 1 amide bonds. The quantitative estimate of drug-likeness (QED) is 0.849. The molecule has 0 saturated carbocycles. The molecule has 22 heavy (non-hydrogen) atoms. The normalized spacial score (nSPS) is 10.7. The fourth-order valence-corrected chi connectivity index (χ4v) is 2.33. The first kappa shape index (κ1) is 16.5. The maximum atomic E-state index is 12.4. The van der Waals surface area contributed by atoms with Gasteiger partial charge in [-0.2, -0.15) is 0 Å². The monoisotopic (exact) mass is 321 g/mol. The third kappa shape index (κ3) is 4.58. The van der Waals surface area contributed by atoms with E-state index in [2.05, 4.69) is 4.98 Å². The lowest BCUT2D eigenvalue weighted by atomic mass is 10.1. The van der Waals surface area contributed by atoms with Crippen molar-refractivity contribution in [3.8, 4) is 0 Å². The molecule has 0 bridgehead atoms. The van der Waals surface area contributed by atoms with Crippen LogP contribution in [0.15, 0.2) is 36.8 Å². The number of carbonyl (C=O) groups is 1. The van der Waals surface area contributed by atoms with E-state index in [-0.39, 0.29) is 12.5 Å². The highest BCUT2D eigenvalue weighted by molar-refractivity contribution is 6.30. The molecule has 0 saturated heterocycles. The topological polar surface area (TPSA) is 58.4 Å². The highest BCUT2D eigenvalue weighted by atomic mass is 35.5. The number of carbonyl (C=O) groups excluding carboxylic acids is 1. The smallest absolute Gasteiger partial charge is 0.223 e. The Kier molecular flexibility index (Phi) is 5.98. The van der Waals surface area contributed by atoms with E-state index in [0.29, 0.717) is 31.0 Å². The summed E-state index contributed by atoms with van der Waals surface area (Å²) in [6, 6.07) is 7.49. The van der Waals surface area contributed by atoms with Crippen LogP contribution >= 0.6 is 11.6 Å². The molecule has 0 unspecified atom stereocenters. The maximum Gasteiger partial charge on any atom is 0.223 e. The van der Waals surface area contributed by atoms with Crippen LogP contribution in [0.4, 0.5) is 0 Å². The van der Waals surface area contributed by atoms with Crippen molar-refractivity contribution in [1.82, 2.24) is 14.5 Å². The molecule has 0 aliphatic carbocycles. The molecular weight excluding hydrogens is 302 g/mol. The van der Waals surface area contributed by atoms with Gasteiger partial charge in [-0.15, -0.1) is 0 Å². The fraction of sp³-hybridized carbons (Fsp3) is 0.375. The predicted octanol–water partition coefficient (Wildman–Crippen LogP) is 2.03. The second kappa shape index (κ2) is 7.96. The molecule has 0 aliphatic heterocycles. The van der Waals surface area contributed by atoms with Crippen molar-refractivity contribution in [2.24, 2.45) is 7.05 Å². The molecule has 0 atom stereocenters. The van der Waals surface area contributed by atoms with Crippen LogP contribution in [-0.4, -0.2) is 38.6 Å². The Bertz CT molecular complexity index is 610. The van der Waals surface area contributed by atoms with Crippen molar-refractivity contribution >= 4 is 17.5 Å². The molecule has 1 heterocycles. The average Bonchev–Trinajstić information content (AvgIpc) is 2.91. The molecule has 1 N–H and O–H groups in total. The van der Waals surface area contributed by atoms with E-state index in [0.717, 1.165) is 11.3 Å². The number of aromatic nitrogens is 2. The summed E-state index contributed by atoms with van der Waals surface area (Å²) >= 11 is 5.85. The number of imidazole rings is 1. The minimum Gasteiger partial charge on any atom is -0.395 e. The highest BCUT2D eigenvalue weighted by Crippen LogP contribution is 2.12. The van der Waals surface area contributed by atoms with E-state index in [1.165, 1.54) is 0 Å². The van der Waals surface area contributed by atoms with Gasteiger partial charge in [0.1, 0.15) is 0 Å². The van der Waals surface area contributed by atoms with Gasteiger partial charge < -0.3 is 14.6 Å². The second-order valence-electron chi connectivity index (χ2n) is 5.16. The summed E-state index contributed by atoms with van der Waals surface area (Å²) in [5.74, 6) is 0.0187. The van der Waals surface area contributed by atoms with Crippen LogP contribution in [0.25, 0.3) is 0 Å². The van der Waals surface area contributed by atoms with Crippen molar-refractivity contribution in [2.75, 3.05) is 13.2 Å². The molecule has 0 radical (unpaired) electrons. The number of halogens is 1. The van der Waals surface area contributed by atoms with Gasteiger partial charge in [-0.25, -0.2) is 4.98 Å². The Hall–Kier alpha value is -1.85. The first-order chi connectivity index (χ1) is 10.6. The third-order valence-corrected chi connectivity index (χ3v) is 3.78. The number of benzene rings is 1. The zero-order chi connectivity index (χ0) is 15.9. The van der Waals surface area contributed by atoms with Crippen LogP contribution in [0.1, 0.15) is 17.7 Å². The standard InChI is InChI=1S/C16H20ClN3O2/c1-19-12-18-10-15(19)11-20(8-9-21)16(22)7-4-13-2-5-14(17)6-3-13/h2-3,5-6,10,12,21H,4,7-9,11H2,1H3. The summed E-state index contributed by atoms with van der Waals surface area (Å²) in [5.41, 5.74) is 2.01. The van der Waals surface area contributed by atoms with Crippen LogP contribution in [0.3, 0.4) is 0 Å². The first-order valence-electron chi connectivity index (χ1n) is 7.18. The van der Waals surface area contributed by atoms with Gasteiger partial charge in [0.15, 0.2) is 0 Å². The molecule has 2 aromatic rings. The maximum absolute atomic E-state index is 12.4. The van der Waals surface area contributed by atoms with Gasteiger partial charge in [-0.05, 0) is 24.1 Å². The molecule has 6 heteroatoms. The van der Waals surface area contributed by atoms with Gasteiger partial charge >= 0.3 is 0 Å². The molecule has 0 aliphatic rings. The summed E-state index contributed by atoms with van der Waals surface area (Å²) in [5, 5.41) is 9.86. The van der Waals surface area contributed by atoms with E-state index in [1.54, 1.807) is 17.4 Å². The van der Waals surface area contributed by atoms with Crippen molar-refractivity contribution in [1.29, 1.82) is 0 Å². The first-order valence-corrected chi connectivity index (χ1v) is 7.56. The highest BCUT2D eigenvalue weighted by Gasteiger charge is 2.15. The predicted molar refractivity (Wildman–Crippen MR) is 85.5 cm³/mol. The van der Waals surface area contributed by atoms with E-state index < -0.39 is 0 Å².